The average molecular weight is 280 g/mol. The minimum absolute atomic E-state index is 0.0805. The van der Waals surface area contributed by atoms with E-state index < -0.39 is 33.9 Å². The van der Waals surface area contributed by atoms with Gasteiger partial charge in [0.1, 0.15) is 0 Å². The lowest BCUT2D eigenvalue weighted by molar-refractivity contribution is -0.384. The molecule has 1 aromatic carbocycles. The Morgan fingerprint density at radius 3 is 2.67 bits per heavy atom. The number of halogens is 3. The number of non-ortho nitro benzene ring substituents is 1. The van der Waals surface area contributed by atoms with Gasteiger partial charge in [0.15, 0.2) is 0 Å². The number of hydrogen-bond acceptors (Lipinski definition) is 4. The Morgan fingerprint density at radius 2 is 2.11 bits per heavy atom. The van der Waals surface area contributed by atoms with E-state index in [2.05, 4.69) is 5.32 Å². The summed E-state index contributed by atoms with van der Waals surface area (Å²) in [7, 11) is 0. The molecule has 0 radical (unpaired) electrons. The Hall–Kier alpha value is -1.77. The summed E-state index contributed by atoms with van der Waals surface area (Å²) in [5, 5.41) is 12.6. The van der Waals surface area contributed by atoms with Gasteiger partial charge < -0.3 is 5.32 Å². The number of nitrogens with one attached hydrogen (secondary N) is 1. The first-order valence-corrected chi connectivity index (χ1v) is 5.51. The Bertz CT molecular complexity index is 465. The smallest absolute Gasteiger partial charge is 0.325 e. The van der Waals surface area contributed by atoms with Crippen LogP contribution in [0.15, 0.2) is 24.3 Å². The molecule has 0 spiro atoms. The predicted octanol–water partition coefficient (Wildman–Crippen LogP) is 2.79. The number of rotatable bonds is 4. The molecule has 1 amide bonds. The third-order valence-electron chi connectivity index (χ3n) is 1.71. The molecule has 0 heterocycles. The number of benzene rings is 1. The number of carbonyl (C=O) groups excluding carboxylic acids is 1. The molecule has 0 aromatic heterocycles. The molecule has 5 nitrogen and oxygen atoms in total. The topological polar surface area (TPSA) is 72.2 Å². The molecule has 98 valence electrons. The highest BCUT2D eigenvalue weighted by Crippen LogP contribution is 2.30. The maximum Gasteiger partial charge on any atom is 0.442 e. The summed E-state index contributed by atoms with van der Waals surface area (Å²) in [6.45, 7) is 0. The van der Waals surface area contributed by atoms with Crippen LogP contribution in [0.5, 0.6) is 0 Å². The summed E-state index contributed by atoms with van der Waals surface area (Å²) in [6, 6.07) is 4.95. The van der Waals surface area contributed by atoms with Gasteiger partial charge in [-0.25, -0.2) is 0 Å². The average Bonchev–Trinajstić information content (AvgIpc) is 2.26. The van der Waals surface area contributed by atoms with Gasteiger partial charge in [-0.2, -0.15) is 13.2 Å². The van der Waals surface area contributed by atoms with E-state index in [0.717, 1.165) is 6.07 Å². The van der Waals surface area contributed by atoms with E-state index in [1.807, 2.05) is 0 Å². The highest BCUT2D eigenvalue weighted by atomic mass is 32.2. The van der Waals surface area contributed by atoms with Crippen LogP contribution in [-0.4, -0.2) is 22.1 Å². The second kappa shape index (κ2) is 5.71. The predicted molar refractivity (Wildman–Crippen MR) is 60.2 cm³/mol. The summed E-state index contributed by atoms with van der Waals surface area (Å²) in [5.74, 6) is -1.68. The van der Waals surface area contributed by atoms with Crippen molar-refractivity contribution in [2.75, 3.05) is 11.1 Å². The van der Waals surface area contributed by atoms with E-state index in [1.165, 1.54) is 18.2 Å². The largest absolute Gasteiger partial charge is 0.442 e. The van der Waals surface area contributed by atoms with Gasteiger partial charge >= 0.3 is 5.51 Å². The highest BCUT2D eigenvalue weighted by molar-refractivity contribution is 8.00. The van der Waals surface area contributed by atoms with Crippen LogP contribution in [0.2, 0.25) is 0 Å². The minimum Gasteiger partial charge on any atom is -0.325 e. The lowest BCUT2D eigenvalue weighted by Crippen LogP contribution is -2.17. The van der Waals surface area contributed by atoms with Crippen molar-refractivity contribution in [2.45, 2.75) is 5.51 Å². The first kappa shape index (κ1) is 14.3. The van der Waals surface area contributed by atoms with E-state index in [-0.39, 0.29) is 11.4 Å². The van der Waals surface area contributed by atoms with Gasteiger partial charge in [0.05, 0.1) is 10.7 Å². The molecule has 0 aliphatic heterocycles. The summed E-state index contributed by atoms with van der Waals surface area (Å²) < 4.78 is 35.5. The number of hydrogen-bond donors (Lipinski definition) is 1. The Morgan fingerprint density at radius 1 is 1.44 bits per heavy atom. The number of nitro groups is 1. The van der Waals surface area contributed by atoms with Gasteiger partial charge in [-0.3, -0.25) is 14.9 Å². The molecule has 1 rings (SSSR count). The molecular weight excluding hydrogens is 273 g/mol. The number of nitrogens with zero attached hydrogens (tertiary/aromatic N) is 1. The SMILES string of the molecule is O=C(CSC(F)(F)F)Nc1cccc([N+](=O)[O-])c1. The molecule has 0 bridgehead atoms. The second-order valence-corrected chi connectivity index (χ2v) is 4.13. The maximum atomic E-state index is 11.8. The van der Waals surface area contributed by atoms with Crippen molar-refractivity contribution in [1.82, 2.24) is 0 Å². The summed E-state index contributed by atoms with van der Waals surface area (Å²) in [5.41, 5.74) is -4.66. The molecule has 0 saturated carbocycles. The fourth-order valence-corrected chi connectivity index (χ4v) is 1.41. The van der Waals surface area contributed by atoms with Gasteiger partial charge in [-0.1, -0.05) is 6.07 Å². The Balaban J connectivity index is 2.59. The molecule has 0 fully saturated rings. The third kappa shape index (κ3) is 5.04. The number of carbonyl (C=O) groups is 1. The number of nitro benzene ring substituents is 1. The summed E-state index contributed by atoms with van der Waals surface area (Å²) in [6.07, 6.45) is 0. The van der Waals surface area contributed by atoms with Crippen LogP contribution in [0.1, 0.15) is 0 Å². The van der Waals surface area contributed by atoms with E-state index in [4.69, 9.17) is 0 Å². The fraction of sp³-hybridized carbons (Fsp3) is 0.222. The van der Waals surface area contributed by atoms with E-state index in [1.54, 1.807) is 0 Å². The van der Waals surface area contributed by atoms with Crippen LogP contribution >= 0.6 is 11.8 Å². The molecule has 0 unspecified atom stereocenters. The number of alkyl halides is 3. The van der Waals surface area contributed by atoms with Crippen LogP contribution in [0.4, 0.5) is 24.5 Å². The maximum absolute atomic E-state index is 11.8. The monoisotopic (exact) mass is 280 g/mol. The fourth-order valence-electron chi connectivity index (χ4n) is 1.04. The molecule has 0 atom stereocenters. The first-order chi connectivity index (χ1) is 8.28. The lowest BCUT2D eigenvalue weighted by Gasteiger charge is -2.06. The van der Waals surface area contributed by atoms with Gasteiger partial charge in [0.25, 0.3) is 5.69 Å². The molecular formula is C9H7F3N2O3S. The van der Waals surface area contributed by atoms with Gasteiger partial charge in [0, 0.05) is 17.8 Å². The molecule has 1 N–H and O–H groups in total. The number of thioether (sulfide) groups is 1. The minimum atomic E-state index is -4.49. The Kier molecular flexibility index (Phi) is 4.54. The van der Waals surface area contributed by atoms with Gasteiger partial charge in [-0.05, 0) is 17.8 Å². The highest BCUT2D eigenvalue weighted by Gasteiger charge is 2.29. The lowest BCUT2D eigenvalue weighted by atomic mass is 10.3. The molecule has 0 aliphatic rings. The van der Waals surface area contributed by atoms with Crippen molar-refractivity contribution >= 4 is 29.0 Å². The zero-order valence-electron chi connectivity index (χ0n) is 8.73. The van der Waals surface area contributed by atoms with Crippen molar-refractivity contribution in [2.24, 2.45) is 0 Å². The molecule has 0 aliphatic carbocycles. The molecule has 0 saturated heterocycles. The van der Waals surface area contributed by atoms with Crippen molar-refractivity contribution in [3.63, 3.8) is 0 Å². The summed E-state index contributed by atoms with van der Waals surface area (Å²) in [4.78, 5) is 20.9. The molecule has 1 aromatic rings. The van der Waals surface area contributed by atoms with E-state index in [0.29, 0.717) is 0 Å². The summed E-state index contributed by atoms with van der Waals surface area (Å²) >= 11 is -0.474. The van der Waals surface area contributed by atoms with Crippen molar-refractivity contribution in [1.29, 1.82) is 0 Å². The van der Waals surface area contributed by atoms with Crippen LogP contribution in [-0.2, 0) is 4.79 Å². The van der Waals surface area contributed by atoms with Gasteiger partial charge in [-0.15, -0.1) is 0 Å². The van der Waals surface area contributed by atoms with Crippen LogP contribution in [0, 0.1) is 10.1 Å². The van der Waals surface area contributed by atoms with Crippen LogP contribution in [0.3, 0.4) is 0 Å². The quantitative estimate of drug-likeness (QED) is 0.680. The van der Waals surface area contributed by atoms with E-state index in [9.17, 15) is 28.1 Å². The normalized spacial score (nSPS) is 11.1. The number of anilines is 1. The van der Waals surface area contributed by atoms with Gasteiger partial charge in [0.2, 0.25) is 5.91 Å². The zero-order chi connectivity index (χ0) is 13.8. The zero-order valence-corrected chi connectivity index (χ0v) is 9.55. The second-order valence-electron chi connectivity index (χ2n) is 3.09. The molecule has 18 heavy (non-hydrogen) atoms. The standard InChI is InChI=1S/C9H7F3N2O3S/c10-9(11,12)18-5-8(15)13-6-2-1-3-7(4-6)14(16)17/h1-4H,5H2,(H,13,15). The van der Waals surface area contributed by atoms with Crippen molar-refractivity contribution in [3.05, 3.63) is 34.4 Å². The Labute approximate surface area is 104 Å². The van der Waals surface area contributed by atoms with Crippen LogP contribution in [0.25, 0.3) is 0 Å². The first-order valence-electron chi connectivity index (χ1n) is 4.53. The van der Waals surface area contributed by atoms with Crippen molar-refractivity contribution in [3.8, 4) is 0 Å². The molecule has 9 heteroatoms. The number of amides is 1. The van der Waals surface area contributed by atoms with E-state index >= 15 is 0 Å². The third-order valence-corrected chi connectivity index (χ3v) is 2.44. The van der Waals surface area contributed by atoms with Crippen molar-refractivity contribution < 1.29 is 22.9 Å². The van der Waals surface area contributed by atoms with Crippen LogP contribution < -0.4 is 5.32 Å².